The van der Waals surface area contributed by atoms with E-state index in [0.717, 1.165) is 16.7 Å². The van der Waals surface area contributed by atoms with E-state index in [1.165, 1.54) is 0 Å². The summed E-state index contributed by atoms with van der Waals surface area (Å²) in [6.07, 6.45) is -1.36. The summed E-state index contributed by atoms with van der Waals surface area (Å²) < 4.78 is 31.2. The molecule has 1 aliphatic heterocycles. The Labute approximate surface area is 216 Å². The number of rotatable bonds is 12. The molecule has 5 atom stereocenters. The lowest BCUT2D eigenvalue weighted by Crippen LogP contribution is -2.58. The smallest absolute Gasteiger partial charge is 0.163 e. The molecule has 0 saturated carbocycles. The van der Waals surface area contributed by atoms with E-state index < -0.39 is 6.29 Å². The van der Waals surface area contributed by atoms with E-state index in [0.29, 0.717) is 31.8 Å². The van der Waals surface area contributed by atoms with Crippen LogP contribution < -0.4 is 0 Å². The van der Waals surface area contributed by atoms with Crippen molar-refractivity contribution in [3.8, 4) is 0 Å². The molecule has 1 fully saturated rings. The summed E-state index contributed by atoms with van der Waals surface area (Å²) in [4.78, 5) is 0. The molecule has 35 heavy (non-hydrogen) atoms. The normalized spacial score (nSPS) is 24.3. The fraction of sp³-hybridized carbons (Fsp3) is 0.379. The molecule has 0 N–H and O–H groups in total. The molecule has 0 spiro atoms. The summed E-state index contributed by atoms with van der Waals surface area (Å²) in [5.41, 5.74) is 3.33. The molecule has 186 valence electrons. The Morgan fingerprint density at radius 1 is 0.686 bits per heavy atom. The number of halogens is 1. The van der Waals surface area contributed by atoms with Gasteiger partial charge in [0.05, 0.1) is 32.5 Å². The highest BCUT2D eigenvalue weighted by Gasteiger charge is 2.47. The molecule has 4 rings (SSSR count). The average molecular weight is 541 g/mol. The van der Waals surface area contributed by atoms with Gasteiger partial charge >= 0.3 is 0 Å². The van der Waals surface area contributed by atoms with Gasteiger partial charge < -0.3 is 23.7 Å². The number of ether oxygens (including phenoxy) is 5. The van der Waals surface area contributed by atoms with Crippen LogP contribution in [0.1, 0.15) is 16.7 Å². The third kappa shape index (κ3) is 7.46. The van der Waals surface area contributed by atoms with Gasteiger partial charge in [-0.05, 0) is 16.7 Å². The summed E-state index contributed by atoms with van der Waals surface area (Å²) in [6, 6.07) is 30.5. The third-order valence-corrected chi connectivity index (χ3v) is 6.89. The van der Waals surface area contributed by atoms with Crippen molar-refractivity contribution in [3.63, 3.8) is 0 Å². The standard InChI is InChI=1S/C29H33BrO5/c1-31-29-25(17-30)27(33-19-23-13-7-3-8-14-23)28(34-20-24-15-9-4-10-16-24)26(35-29)21-32-18-22-11-5-2-6-12-22/h2-16,25-29H,17-21H2,1H3/t25-,26-,27-,28-,29-/m1/s1. The van der Waals surface area contributed by atoms with Crippen LogP contribution in [0.4, 0.5) is 0 Å². The molecule has 0 aliphatic carbocycles. The second kappa shape index (κ2) is 13.9. The Balaban J connectivity index is 1.51. The zero-order valence-corrected chi connectivity index (χ0v) is 21.6. The van der Waals surface area contributed by atoms with Gasteiger partial charge in [-0.15, -0.1) is 0 Å². The first kappa shape index (κ1) is 26.0. The molecule has 0 radical (unpaired) electrons. The van der Waals surface area contributed by atoms with E-state index in [2.05, 4.69) is 52.3 Å². The molecule has 6 heteroatoms. The predicted octanol–water partition coefficient (Wildman–Crippen LogP) is 5.76. The zero-order chi connectivity index (χ0) is 24.3. The number of benzene rings is 3. The Morgan fingerprint density at radius 3 is 1.66 bits per heavy atom. The van der Waals surface area contributed by atoms with Gasteiger partial charge in [0.1, 0.15) is 12.2 Å². The number of methoxy groups -OCH3 is 1. The number of alkyl halides is 1. The van der Waals surface area contributed by atoms with Gasteiger partial charge in [0.25, 0.3) is 0 Å². The van der Waals surface area contributed by atoms with Crippen molar-refractivity contribution in [3.05, 3.63) is 108 Å². The summed E-state index contributed by atoms with van der Waals surface area (Å²) in [5.74, 6) is -0.0464. The summed E-state index contributed by atoms with van der Waals surface area (Å²) >= 11 is 3.66. The molecule has 0 amide bonds. The van der Waals surface area contributed by atoms with Crippen LogP contribution in [0.3, 0.4) is 0 Å². The van der Waals surface area contributed by atoms with Crippen LogP contribution in [0.25, 0.3) is 0 Å². The van der Waals surface area contributed by atoms with Crippen molar-refractivity contribution in [1.29, 1.82) is 0 Å². The topological polar surface area (TPSA) is 46.2 Å². The molecule has 0 aromatic heterocycles. The minimum Gasteiger partial charge on any atom is -0.374 e. The largest absolute Gasteiger partial charge is 0.374 e. The second-order valence-corrected chi connectivity index (χ2v) is 9.27. The van der Waals surface area contributed by atoms with E-state index in [-0.39, 0.29) is 24.2 Å². The van der Waals surface area contributed by atoms with Gasteiger partial charge in [-0.3, -0.25) is 0 Å². The molecule has 3 aromatic rings. The first-order valence-electron chi connectivity index (χ1n) is 12.0. The van der Waals surface area contributed by atoms with Crippen LogP contribution in [0, 0.1) is 5.92 Å². The lowest BCUT2D eigenvalue weighted by atomic mass is 9.91. The van der Waals surface area contributed by atoms with Gasteiger partial charge in [0.2, 0.25) is 0 Å². The third-order valence-electron chi connectivity index (χ3n) is 6.15. The van der Waals surface area contributed by atoms with Crippen LogP contribution in [0.15, 0.2) is 91.0 Å². The van der Waals surface area contributed by atoms with E-state index in [1.54, 1.807) is 7.11 Å². The molecule has 0 bridgehead atoms. The lowest BCUT2D eigenvalue weighted by molar-refractivity contribution is -0.295. The van der Waals surface area contributed by atoms with Crippen LogP contribution in [0.5, 0.6) is 0 Å². The maximum atomic E-state index is 6.53. The monoisotopic (exact) mass is 540 g/mol. The molecule has 0 unspecified atom stereocenters. The second-order valence-electron chi connectivity index (χ2n) is 8.62. The Kier molecular flexibility index (Phi) is 10.3. The summed E-state index contributed by atoms with van der Waals surface area (Å²) in [6.45, 7) is 1.81. The maximum Gasteiger partial charge on any atom is 0.163 e. The highest BCUT2D eigenvalue weighted by atomic mass is 79.9. The van der Waals surface area contributed by atoms with Crippen molar-refractivity contribution in [2.24, 2.45) is 5.92 Å². The van der Waals surface area contributed by atoms with E-state index in [4.69, 9.17) is 23.7 Å². The minimum atomic E-state index is -0.433. The Hall–Kier alpha value is -2.06. The van der Waals surface area contributed by atoms with E-state index in [1.807, 2.05) is 54.6 Å². The van der Waals surface area contributed by atoms with Gasteiger partial charge in [-0.1, -0.05) is 107 Å². The van der Waals surface area contributed by atoms with Crippen molar-refractivity contribution in [2.75, 3.05) is 19.0 Å². The summed E-state index contributed by atoms with van der Waals surface area (Å²) in [5, 5.41) is 0.660. The van der Waals surface area contributed by atoms with Gasteiger partial charge in [-0.25, -0.2) is 0 Å². The molecule has 1 aliphatic rings. The minimum absolute atomic E-state index is 0.0464. The van der Waals surface area contributed by atoms with Crippen molar-refractivity contribution >= 4 is 15.9 Å². The van der Waals surface area contributed by atoms with Crippen molar-refractivity contribution in [1.82, 2.24) is 0 Å². The fourth-order valence-corrected chi connectivity index (χ4v) is 4.98. The highest BCUT2D eigenvalue weighted by molar-refractivity contribution is 9.09. The van der Waals surface area contributed by atoms with Gasteiger partial charge in [0.15, 0.2) is 6.29 Å². The number of hydrogen-bond donors (Lipinski definition) is 0. The van der Waals surface area contributed by atoms with Gasteiger partial charge in [-0.2, -0.15) is 0 Å². The van der Waals surface area contributed by atoms with Gasteiger partial charge in [0, 0.05) is 18.4 Å². The lowest BCUT2D eigenvalue weighted by Gasteiger charge is -2.45. The van der Waals surface area contributed by atoms with Crippen molar-refractivity contribution in [2.45, 2.75) is 44.4 Å². The van der Waals surface area contributed by atoms with E-state index >= 15 is 0 Å². The molecular formula is C29H33BrO5. The SMILES string of the molecule is CO[C@@H]1O[C@H](COCc2ccccc2)[C@@H](OCc2ccccc2)[C@H](OCc2ccccc2)[C@H]1CBr. The van der Waals surface area contributed by atoms with Crippen LogP contribution in [-0.2, 0) is 43.5 Å². The Morgan fingerprint density at radius 2 is 1.17 bits per heavy atom. The molecular weight excluding hydrogens is 508 g/mol. The first-order chi connectivity index (χ1) is 17.3. The van der Waals surface area contributed by atoms with E-state index in [9.17, 15) is 0 Å². The first-order valence-corrected chi connectivity index (χ1v) is 13.1. The average Bonchev–Trinajstić information content (AvgIpc) is 2.92. The highest BCUT2D eigenvalue weighted by Crippen LogP contribution is 2.33. The van der Waals surface area contributed by atoms with Crippen molar-refractivity contribution < 1.29 is 23.7 Å². The van der Waals surface area contributed by atoms with Crippen LogP contribution in [-0.4, -0.2) is 43.6 Å². The molecule has 3 aromatic carbocycles. The Bertz CT molecular complexity index is 972. The quantitative estimate of drug-likeness (QED) is 0.273. The molecule has 5 nitrogen and oxygen atoms in total. The maximum absolute atomic E-state index is 6.53. The molecule has 1 heterocycles. The zero-order valence-electron chi connectivity index (χ0n) is 20.0. The summed E-state index contributed by atoms with van der Waals surface area (Å²) in [7, 11) is 1.67. The molecule has 1 saturated heterocycles. The predicted molar refractivity (Wildman–Crippen MR) is 139 cm³/mol. The van der Waals surface area contributed by atoms with Crippen LogP contribution in [0.2, 0.25) is 0 Å². The number of hydrogen-bond acceptors (Lipinski definition) is 5. The fourth-order valence-electron chi connectivity index (χ4n) is 4.31. The van der Waals surface area contributed by atoms with Crippen LogP contribution >= 0.6 is 15.9 Å².